The second kappa shape index (κ2) is 2.74. The van der Waals surface area contributed by atoms with Gasteiger partial charge in [-0.1, -0.05) is 6.07 Å². The third kappa shape index (κ3) is 1.15. The fourth-order valence-electron chi connectivity index (χ4n) is 1.31. The minimum Gasteiger partial charge on any atom is -0.408 e. The predicted molar refractivity (Wildman–Crippen MR) is 47.4 cm³/mol. The van der Waals surface area contributed by atoms with E-state index >= 15 is 0 Å². The number of aromatic nitrogens is 1. The molecular formula is C9H9NO3. The van der Waals surface area contributed by atoms with Crippen LogP contribution in [-0.4, -0.2) is 9.67 Å². The molecule has 0 unspecified atom stereocenters. The zero-order valence-corrected chi connectivity index (χ0v) is 7.15. The lowest BCUT2D eigenvalue weighted by Gasteiger charge is -1.94. The van der Waals surface area contributed by atoms with Crippen LogP contribution in [0.15, 0.2) is 27.4 Å². The molecular weight excluding hydrogens is 170 g/mol. The highest BCUT2D eigenvalue weighted by Gasteiger charge is 2.06. The molecule has 1 aromatic carbocycles. The Bertz CT molecular complexity index is 495. The van der Waals surface area contributed by atoms with Crippen molar-refractivity contribution in [3.05, 3.63) is 34.3 Å². The molecule has 4 heteroatoms. The van der Waals surface area contributed by atoms with Gasteiger partial charge in [0, 0.05) is 0 Å². The Labute approximate surface area is 74.0 Å². The third-order valence-corrected chi connectivity index (χ3v) is 1.97. The Morgan fingerprint density at radius 1 is 1.54 bits per heavy atom. The molecule has 0 atom stereocenters. The number of hydrogen-bond donors (Lipinski definition) is 1. The van der Waals surface area contributed by atoms with Crippen LogP contribution in [0.4, 0.5) is 0 Å². The molecule has 0 bridgehead atoms. The van der Waals surface area contributed by atoms with Crippen LogP contribution >= 0.6 is 0 Å². The fourth-order valence-corrected chi connectivity index (χ4v) is 1.31. The Kier molecular flexibility index (Phi) is 1.70. The lowest BCUT2D eigenvalue weighted by Crippen LogP contribution is -2.13. The van der Waals surface area contributed by atoms with E-state index in [0.717, 1.165) is 5.56 Å². The van der Waals surface area contributed by atoms with Crippen molar-refractivity contribution in [2.45, 2.75) is 13.7 Å². The van der Waals surface area contributed by atoms with E-state index in [2.05, 4.69) is 0 Å². The van der Waals surface area contributed by atoms with E-state index in [1.165, 1.54) is 4.57 Å². The molecule has 0 aliphatic rings. The van der Waals surface area contributed by atoms with Gasteiger partial charge in [-0.3, -0.25) is 4.57 Å². The maximum Gasteiger partial charge on any atom is 0.421 e. The van der Waals surface area contributed by atoms with Gasteiger partial charge in [0.25, 0.3) is 0 Å². The molecule has 0 spiro atoms. The number of aliphatic hydroxyl groups excluding tert-OH is 1. The van der Waals surface area contributed by atoms with Gasteiger partial charge in [0.1, 0.15) is 6.73 Å². The summed E-state index contributed by atoms with van der Waals surface area (Å²) in [7, 11) is 0. The average Bonchev–Trinajstić information content (AvgIpc) is 2.39. The quantitative estimate of drug-likeness (QED) is 0.706. The van der Waals surface area contributed by atoms with Crippen molar-refractivity contribution < 1.29 is 9.52 Å². The number of hydrogen-bond acceptors (Lipinski definition) is 3. The van der Waals surface area contributed by atoms with Gasteiger partial charge in [0.2, 0.25) is 0 Å². The van der Waals surface area contributed by atoms with Gasteiger partial charge in [-0.15, -0.1) is 0 Å². The predicted octanol–water partition coefficient (Wildman–Crippen LogP) is 0.853. The zero-order valence-electron chi connectivity index (χ0n) is 7.15. The number of nitrogens with zero attached hydrogens (tertiary/aromatic N) is 1. The van der Waals surface area contributed by atoms with Crippen LogP contribution in [0, 0.1) is 6.92 Å². The molecule has 0 saturated carbocycles. The smallest absolute Gasteiger partial charge is 0.408 e. The highest BCUT2D eigenvalue weighted by Crippen LogP contribution is 2.13. The van der Waals surface area contributed by atoms with Gasteiger partial charge in [-0.2, -0.15) is 0 Å². The van der Waals surface area contributed by atoms with Crippen LogP contribution in [-0.2, 0) is 6.73 Å². The first-order valence-corrected chi connectivity index (χ1v) is 3.93. The minimum atomic E-state index is -0.525. The lowest BCUT2D eigenvalue weighted by molar-refractivity contribution is 0.204. The summed E-state index contributed by atoms with van der Waals surface area (Å²) in [6.07, 6.45) is 0. The summed E-state index contributed by atoms with van der Waals surface area (Å²) in [5.74, 6) is -0.525. The number of aryl methyl sites for hydroxylation is 1. The molecule has 1 N–H and O–H groups in total. The standard InChI is InChI=1S/C9H9NO3/c1-6-2-3-7-8(4-6)13-9(12)10(7)5-11/h2-4,11H,5H2,1H3. The van der Waals surface area contributed by atoms with E-state index < -0.39 is 5.76 Å². The van der Waals surface area contributed by atoms with E-state index in [1.54, 1.807) is 12.1 Å². The number of fused-ring (bicyclic) bond motifs is 1. The summed E-state index contributed by atoms with van der Waals surface area (Å²) in [4.78, 5) is 11.1. The van der Waals surface area contributed by atoms with Crippen LogP contribution in [0.2, 0.25) is 0 Å². The maximum atomic E-state index is 11.1. The summed E-state index contributed by atoms with van der Waals surface area (Å²) in [6, 6.07) is 5.39. The third-order valence-electron chi connectivity index (χ3n) is 1.97. The lowest BCUT2D eigenvalue weighted by atomic mass is 10.2. The van der Waals surface area contributed by atoms with Gasteiger partial charge >= 0.3 is 5.76 Å². The summed E-state index contributed by atoms with van der Waals surface area (Å²) in [5, 5.41) is 8.88. The molecule has 1 heterocycles. The zero-order chi connectivity index (χ0) is 9.42. The van der Waals surface area contributed by atoms with Gasteiger partial charge in [-0.05, 0) is 24.6 Å². The molecule has 68 valence electrons. The number of rotatable bonds is 1. The topological polar surface area (TPSA) is 55.4 Å². The molecule has 13 heavy (non-hydrogen) atoms. The van der Waals surface area contributed by atoms with Crippen LogP contribution in [0.25, 0.3) is 11.1 Å². The van der Waals surface area contributed by atoms with Crippen molar-refractivity contribution >= 4 is 11.1 Å². The van der Waals surface area contributed by atoms with E-state index in [-0.39, 0.29) is 6.73 Å². The average molecular weight is 179 g/mol. The van der Waals surface area contributed by atoms with Crippen molar-refractivity contribution in [1.82, 2.24) is 4.57 Å². The normalized spacial score (nSPS) is 10.9. The number of oxazole rings is 1. The Balaban J connectivity index is 2.87. The minimum absolute atomic E-state index is 0.352. The van der Waals surface area contributed by atoms with E-state index in [4.69, 9.17) is 9.52 Å². The van der Waals surface area contributed by atoms with Crippen LogP contribution < -0.4 is 5.76 Å². The molecule has 4 nitrogen and oxygen atoms in total. The fraction of sp³-hybridized carbons (Fsp3) is 0.222. The second-order valence-electron chi connectivity index (χ2n) is 2.91. The molecule has 1 aromatic heterocycles. The van der Waals surface area contributed by atoms with Crippen molar-refractivity contribution in [1.29, 1.82) is 0 Å². The molecule has 2 aromatic rings. The maximum absolute atomic E-state index is 11.1. The van der Waals surface area contributed by atoms with Crippen LogP contribution in [0.3, 0.4) is 0 Å². The molecule has 0 radical (unpaired) electrons. The highest BCUT2D eigenvalue weighted by atomic mass is 16.4. The SMILES string of the molecule is Cc1ccc2c(c1)oc(=O)n2CO. The Morgan fingerprint density at radius 2 is 2.31 bits per heavy atom. The summed E-state index contributed by atoms with van der Waals surface area (Å²) in [5.41, 5.74) is 2.16. The number of benzene rings is 1. The molecule has 0 fully saturated rings. The van der Waals surface area contributed by atoms with E-state index in [0.29, 0.717) is 11.1 Å². The van der Waals surface area contributed by atoms with E-state index in [1.807, 2.05) is 13.0 Å². The van der Waals surface area contributed by atoms with Crippen molar-refractivity contribution in [3.63, 3.8) is 0 Å². The van der Waals surface area contributed by atoms with Gasteiger partial charge in [0.15, 0.2) is 5.58 Å². The first-order chi connectivity index (χ1) is 6.22. The van der Waals surface area contributed by atoms with E-state index in [9.17, 15) is 4.79 Å². The van der Waals surface area contributed by atoms with Gasteiger partial charge in [-0.25, -0.2) is 4.79 Å². The Morgan fingerprint density at radius 3 is 3.00 bits per heavy atom. The van der Waals surface area contributed by atoms with Crippen LogP contribution in [0.1, 0.15) is 5.56 Å². The van der Waals surface area contributed by atoms with Crippen molar-refractivity contribution in [2.24, 2.45) is 0 Å². The first-order valence-electron chi connectivity index (χ1n) is 3.93. The second-order valence-corrected chi connectivity index (χ2v) is 2.91. The van der Waals surface area contributed by atoms with Crippen molar-refractivity contribution in [3.8, 4) is 0 Å². The largest absolute Gasteiger partial charge is 0.421 e. The van der Waals surface area contributed by atoms with Gasteiger partial charge < -0.3 is 9.52 Å². The molecule has 0 aliphatic heterocycles. The van der Waals surface area contributed by atoms with Gasteiger partial charge in [0.05, 0.1) is 5.52 Å². The molecule has 2 rings (SSSR count). The van der Waals surface area contributed by atoms with Crippen molar-refractivity contribution in [2.75, 3.05) is 0 Å². The highest BCUT2D eigenvalue weighted by molar-refractivity contribution is 5.73. The summed E-state index contributed by atoms with van der Waals surface area (Å²) >= 11 is 0. The molecule has 0 saturated heterocycles. The monoisotopic (exact) mass is 179 g/mol. The Hall–Kier alpha value is -1.55. The molecule has 0 aliphatic carbocycles. The number of aliphatic hydroxyl groups is 1. The molecule has 0 amide bonds. The van der Waals surface area contributed by atoms with Crippen LogP contribution in [0.5, 0.6) is 0 Å². The summed E-state index contributed by atoms with van der Waals surface area (Å²) in [6.45, 7) is 1.56. The first kappa shape index (κ1) is 8.07. The summed E-state index contributed by atoms with van der Waals surface area (Å²) < 4.78 is 6.09.